The molecular formula is C22H29N3O3. The first kappa shape index (κ1) is 20.1. The van der Waals surface area contributed by atoms with Gasteiger partial charge in [0.1, 0.15) is 5.76 Å². The highest BCUT2D eigenvalue weighted by molar-refractivity contribution is 5.93. The van der Waals surface area contributed by atoms with Crippen LogP contribution in [0, 0.1) is 6.92 Å². The summed E-state index contributed by atoms with van der Waals surface area (Å²) < 4.78 is 5.10. The summed E-state index contributed by atoms with van der Waals surface area (Å²) >= 11 is 0. The number of anilines is 1. The highest BCUT2D eigenvalue weighted by Crippen LogP contribution is 2.25. The Bertz CT molecular complexity index is 815. The average Bonchev–Trinajstić information content (AvgIpc) is 3.12. The van der Waals surface area contributed by atoms with Crippen LogP contribution in [-0.4, -0.2) is 35.0 Å². The van der Waals surface area contributed by atoms with Gasteiger partial charge in [0.25, 0.3) is 5.91 Å². The minimum atomic E-state index is -0.129. The molecule has 2 aromatic rings. The standard InChI is InChI=1S/C22H29N3O3/c1-17-15-20(23-28-17)22(27)24-13-9-5-3-4-6-10-14-25(18(2)26)21-12-8-7-11-19(21)16-24/h7-8,11-12,15H,3-6,9-10,13-14,16H2,1-2H3. The minimum absolute atomic E-state index is 0.0346. The molecule has 3 rings (SSSR count). The van der Waals surface area contributed by atoms with Gasteiger partial charge >= 0.3 is 0 Å². The fraction of sp³-hybridized carbons (Fsp3) is 0.500. The number of benzene rings is 1. The van der Waals surface area contributed by atoms with Crippen molar-refractivity contribution in [3.63, 3.8) is 0 Å². The van der Waals surface area contributed by atoms with E-state index in [0.717, 1.165) is 49.8 Å². The number of nitrogens with zero attached hydrogens (tertiary/aromatic N) is 3. The highest BCUT2D eigenvalue weighted by atomic mass is 16.5. The van der Waals surface area contributed by atoms with Gasteiger partial charge in [0.2, 0.25) is 5.91 Å². The van der Waals surface area contributed by atoms with Crippen LogP contribution in [-0.2, 0) is 11.3 Å². The van der Waals surface area contributed by atoms with Crippen LogP contribution < -0.4 is 4.90 Å². The largest absolute Gasteiger partial charge is 0.361 e. The summed E-state index contributed by atoms with van der Waals surface area (Å²) in [4.78, 5) is 29.0. The van der Waals surface area contributed by atoms with Gasteiger partial charge in [-0.15, -0.1) is 0 Å². The highest BCUT2D eigenvalue weighted by Gasteiger charge is 2.22. The summed E-state index contributed by atoms with van der Waals surface area (Å²) in [6.07, 6.45) is 6.48. The van der Waals surface area contributed by atoms with Gasteiger partial charge in [-0.25, -0.2) is 0 Å². The molecule has 28 heavy (non-hydrogen) atoms. The van der Waals surface area contributed by atoms with Gasteiger partial charge in [-0.05, 0) is 31.4 Å². The Morgan fingerprint density at radius 3 is 2.36 bits per heavy atom. The molecule has 0 fully saturated rings. The molecule has 1 aliphatic heterocycles. The third-order valence-electron chi connectivity index (χ3n) is 5.22. The van der Waals surface area contributed by atoms with E-state index < -0.39 is 0 Å². The fourth-order valence-corrected chi connectivity index (χ4v) is 3.72. The van der Waals surface area contributed by atoms with Crippen LogP contribution in [0.5, 0.6) is 0 Å². The maximum absolute atomic E-state index is 13.0. The van der Waals surface area contributed by atoms with E-state index in [1.807, 2.05) is 34.1 Å². The molecule has 0 spiro atoms. The summed E-state index contributed by atoms with van der Waals surface area (Å²) in [5.41, 5.74) is 2.21. The summed E-state index contributed by atoms with van der Waals surface area (Å²) in [5, 5.41) is 3.90. The quantitative estimate of drug-likeness (QED) is 0.735. The van der Waals surface area contributed by atoms with E-state index in [-0.39, 0.29) is 11.8 Å². The van der Waals surface area contributed by atoms with E-state index in [1.165, 1.54) is 0 Å². The zero-order chi connectivity index (χ0) is 19.9. The van der Waals surface area contributed by atoms with Gasteiger partial charge in [-0.2, -0.15) is 0 Å². The number of carbonyl (C=O) groups excluding carboxylic acids is 2. The Labute approximate surface area is 166 Å². The molecule has 2 amide bonds. The molecule has 1 aliphatic rings. The monoisotopic (exact) mass is 383 g/mol. The van der Waals surface area contributed by atoms with Gasteiger partial charge in [0, 0.05) is 38.3 Å². The van der Waals surface area contributed by atoms with Crippen molar-refractivity contribution in [2.24, 2.45) is 0 Å². The van der Waals surface area contributed by atoms with Crippen LogP contribution in [0.25, 0.3) is 0 Å². The molecular weight excluding hydrogens is 354 g/mol. The maximum atomic E-state index is 13.0. The van der Waals surface area contributed by atoms with E-state index in [9.17, 15) is 9.59 Å². The van der Waals surface area contributed by atoms with Crippen molar-refractivity contribution in [2.75, 3.05) is 18.0 Å². The van der Waals surface area contributed by atoms with Crippen molar-refractivity contribution in [2.45, 2.75) is 58.9 Å². The van der Waals surface area contributed by atoms with Gasteiger partial charge in [0.05, 0.1) is 0 Å². The number of aromatic nitrogens is 1. The Kier molecular flexibility index (Phi) is 6.85. The lowest BCUT2D eigenvalue weighted by atomic mass is 10.1. The zero-order valence-corrected chi connectivity index (χ0v) is 16.8. The number of hydrogen-bond acceptors (Lipinski definition) is 4. The lowest BCUT2D eigenvalue weighted by Gasteiger charge is -2.27. The van der Waals surface area contributed by atoms with E-state index in [1.54, 1.807) is 19.9 Å². The molecule has 0 N–H and O–H groups in total. The molecule has 0 saturated carbocycles. The number of aryl methyl sites for hydroxylation is 1. The molecule has 0 saturated heterocycles. The van der Waals surface area contributed by atoms with Gasteiger partial charge in [0.15, 0.2) is 5.69 Å². The Morgan fingerprint density at radius 1 is 1.00 bits per heavy atom. The second kappa shape index (κ2) is 9.53. The number of hydrogen-bond donors (Lipinski definition) is 0. The molecule has 2 heterocycles. The Balaban J connectivity index is 1.92. The summed E-state index contributed by atoms with van der Waals surface area (Å²) in [6.45, 7) is 5.21. The molecule has 1 aromatic carbocycles. The van der Waals surface area contributed by atoms with Crippen LogP contribution in [0.4, 0.5) is 5.69 Å². The number of rotatable bonds is 1. The van der Waals surface area contributed by atoms with Crippen LogP contribution in [0.15, 0.2) is 34.9 Å². The topological polar surface area (TPSA) is 66.7 Å². The third kappa shape index (κ3) is 5.00. The number of carbonyl (C=O) groups is 2. The van der Waals surface area contributed by atoms with Crippen molar-refractivity contribution in [3.05, 3.63) is 47.3 Å². The molecule has 0 bridgehead atoms. The fourth-order valence-electron chi connectivity index (χ4n) is 3.72. The van der Waals surface area contributed by atoms with E-state index >= 15 is 0 Å². The smallest absolute Gasteiger partial charge is 0.276 e. The molecule has 0 atom stereocenters. The average molecular weight is 383 g/mol. The van der Waals surface area contributed by atoms with Crippen LogP contribution >= 0.6 is 0 Å². The lowest BCUT2D eigenvalue weighted by Crippen LogP contribution is -2.34. The van der Waals surface area contributed by atoms with Gasteiger partial charge in [-0.3, -0.25) is 9.59 Å². The molecule has 6 nitrogen and oxygen atoms in total. The number of amides is 2. The van der Waals surface area contributed by atoms with E-state index in [0.29, 0.717) is 31.1 Å². The van der Waals surface area contributed by atoms with Crippen molar-refractivity contribution >= 4 is 17.5 Å². The van der Waals surface area contributed by atoms with Crippen LogP contribution in [0.2, 0.25) is 0 Å². The first-order valence-corrected chi connectivity index (χ1v) is 10.1. The maximum Gasteiger partial charge on any atom is 0.276 e. The van der Waals surface area contributed by atoms with Crippen LogP contribution in [0.3, 0.4) is 0 Å². The normalized spacial score (nSPS) is 16.5. The predicted molar refractivity (Wildman–Crippen MR) is 108 cm³/mol. The van der Waals surface area contributed by atoms with E-state index in [2.05, 4.69) is 5.16 Å². The Hall–Kier alpha value is -2.63. The first-order valence-electron chi connectivity index (χ1n) is 10.1. The summed E-state index contributed by atoms with van der Waals surface area (Å²) in [7, 11) is 0. The zero-order valence-electron chi connectivity index (χ0n) is 16.8. The minimum Gasteiger partial charge on any atom is -0.361 e. The number of fused-ring (bicyclic) bond motifs is 1. The Morgan fingerprint density at radius 2 is 1.68 bits per heavy atom. The lowest BCUT2D eigenvalue weighted by molar-refractivity contribution is -0.116. The molecule has 150 valence electrons. The van der Waals surface area contributed by atoms with Crippen LogP contribution in [0.1, 0.15) is 67.3 Å². The first-order chi connectivity index (χ1) is 13.6. The van der Waals surface area contributed by atoms with Gasteiger partial charge < -0.3 is 14.3 Å². The third-order valence-corrected chi connectivity index (χ3v) is 5.22. The number of para-hydroxylation sites is 1. The summed E-state index contributed by atoms with van der Waals surface area (Å²) in [5.74, 6) is 0.528. The van der Waals surface area contributed by atoms with Crippen molar-refractivity contribution in [3.8, 4) is 0 Å². The molecule has 0 radical (unpaired) electrons. The summed E-state index contributed by atoms with van der Waals surface area (Å²) in [6, 6.07) is 9.55. The predicted octanol–water partition coefficient (Wildman–Crippen LogP) is 4.33. The van der Waals surface area contributed by atoms with Crippen molar-refractivity contribution < 1.29 is 14.1 Å². The SMILES string of the molecule is CC(=O)N1CCCCCCCCN(C(=O)c2cc(C)on2)Cc2ccccc21. The molecule has 6 heteroatoms. The van der Waals surface area contributed by atoms with Gasteiger partial charge in [-0.1, -0.05) is 49.0 Å². The molecule has 1 aromatic heterocycles. The molecule has 0 aliphatic carbocycles. The molecule has 0 unspecified atom stereocenters. The van der Waals surface area contributed by atoms with E-state index in [4.69, 9.17) is 4.52 Å². The van der Waals surface area contributed by atoms with Crippen molar-refractivity contribution in [1.82, 2.24) is 10.1 Å². The second-order valence-corrected chi connectivity index (χ2v) is 7.47. The van der Waals surface area contributed by atoms with Crippen molar-refractivity contribution in [1.29, 1.82) is 0 Å². The second-order valence-electron chi connectivity index (χ2n) is 7.47.